The van der Waals surface area contributed by atoms with E-state index in [9.17, 15) is 0 Å². The number of hydrogen-bond donors (Lipinski definition) is 0. The molecule has 0 radical (unpaired) electrons. The van der Waals surface area contributed by atoms with Gasteiger partial charge in [0.05, 0.1) is 0 Å². The first kappa shape index (κ1) is 27.0. The summed E-state index contributed by atoms with van der Waals surface area (Å²) in [6.45, 7) is 21.8. The Hall–Kier alpha value is -2.56. The number of terminal acetylenes is 1. The molecule has 186 valence electrons. The first-order valence-electron chi connectivity index (χ1n) is 12.2. The highest BCUT2D eigenvalue weighted by molar-refractivity contribution is 6.75. The first-order chi connectivity index (χ1) is 15.9. The van der Waals surface area contributed by atoms with Gasteiger partial charge in [0.15, 0.2) is 5.82 Å². The standard InChI is InChI=1S/C30H39FO2Si2/c1-12-21-17-25(32-34(8,9)29(2,3)4)18-24-14-13-22(19-26(21)24)23-15-16-28(27(31)20-23)33-35(10,11)30(5,6)7/h1,13-20H,2-11H3. The van der Waals surface area contributed by atoms with Gasteiger partial charge < -0.3 is 8.85 Å². The van der Waals surface area contributed by atoms with Gasteiger partial charge in [0.1, 0.15) is 11.5 Å². The molecule has 0 N–H and O–H groups in total. The minimum atomic E-state index is -2.13. The maximum Gasteiger partial charge on any atom is 0.250 e. The van der Waals surface area contributed by atoms with Crippen LogP contribution in [-0.4, -0.2) is 16.6 Å². The van der Waals surface area contributed by atoms with Crippen molar-refractivity contribution in [2.24, 2.45) is 0 Å². The lowest BCUT2D eigenvalue weighted by atomic mass is 9.98. The lowest BCUT2D eigenvalue weighted by Gasteiger charge is -2.36. The summed E-state index contributed by atoms with van der Waals surface area (Å²) < 4.78 is 27.8. The molecule has 0 amide bonds. The molecule has 0 aliphatic heterocycles. The summed E-state index contributed by atoms with van der Waals surface area (Å²) >= 11 is 0. The predicted octanol–water partition coefficient (Wildman–Crippen LogP) is 9.40. The molecule has 0 spiro atoms. The average Bonchev–Trinajstić information content (AvgIpc) is 2.72. The van der Waals surface area contributed by atoms with Crippen LogP contribution in [-0.2, 0) is 0 Å². The van der Waals surface area contributed by atoms with E-state index in [0.717, 1.165) is 33.2 Å². The smallest absolute Gasteiger partial charge is 0.250 e. The maximum atomic E-state index is 15.1. The van der Waals surface area contributed by atoms with Gasteiger partial charge in [0.25, 0.3) is 8.32 Å². The van der Waals surface area contributed by atoms with Gasteiger partial charge in [-0.05, 0) is 88.5 Å². The molecule has 0 saturated carbocycles. The highest BCUT2D eigenvalue weighted by atomic mass is 28.4. The summed E-state index contributed by atoms with van der Waals surface area (Å²) in [5.41, 5.74) is 2.47. The molecule has 0 heterocycles. The SMILES string of the molecule is C#Cc1cc(O[Si](C)(C)C(C)(C)C)cc2ccc(-c3ccc(O[Si](C)(C)C(C)(C)C)c(F)c3)cc12. The minimum absolute atomic E-state index is 0.00473. The van der Waals surface area contributed by atoms with Crippen molar-refractivity contribution in [3.05, 3.63) is 59.9 Å². The van der Waals surface area contributed by atoms with Gasteiger partial charge in [-0.15, -0.1) is 6.42 Å². The number of benzene rings is 3. The Kier molecular flexibility index (Phi) is 7.07. The highest BCUT2D eigenvalue weighted by Gasteiger charge is 2.40. The summed E-state index contributed by atoms with van der Waals surface area (Å²) in [6.07, 6.45) is 5.89. The van der Waals surface area contributed by atoms with Crippen LogP contribution in [0.15, 0.2) is 48.5 Å². The van der Waals surface area contributed by atoms with Crippen molar-refractivity contribution in [3.63, 3.8) is 0 Å². The van der Waals surface area contributed by atoms with Gasteiger partial charge in [-0.25, -0.2) is 4.39 Å². The summed E-state index contributed by atoms with van der Waals surface area (Å²) in [7, 11) is -4.12. The second kappa shape index (κ2) is 9.15. The fourth-order valence-electron chi connectivity index (χ4n) is 3.33. The normalized spacial score (nSPS) is 13.0. The number of rotatable bonds is 5. The molecule has 0 fully saturated rings. The van der Waals surface area contributed by atoms with Gasteiger partial charge in [-0.2, -0.15) is 0 Å². The van der Waals surface area contributed by atoms with Gasteiger partial charge in [0, 0.05) is 5.56 Å². The zero-order chi connectivity index (χ0) is 26.4. The zero-order valence-corrected chi connectivity index (χ0v) is 24.9. The van der Waals surface area contributed by atoms with E-state index in [2.05, 4.69) is 79.7 Å². The zero-order valence-electron chi connectivity index (χ0n) is 22.9. The van der Waals surface area contributed by atoms with Crippen LogP contribution in [0.5, 0.6) is 11.5 Å². The summed E-state index contributed by atoms with van der Waals surface area (Å²) in [6, 6.07) is 15.3. The molecule has 5 heteroatoms. The van der Waals surface area contributed by atoms with Crippen molar-refractivity contribution < 1.29 is 13.2 Å². The fourth-order valence-corrected chi connectivity index (χ4v) is 5.36. The third-order valence-corrected chi connectivity index (χ3v) is 16.4. The monoisotopic (exact) mass is 506 g/mol. The van der Waals surface area contributed by atoms with Crippen LogP contribution in [0, 0.1) is 18.2 Å². The van der Waals surface area contributed by atoms with Crippen molar-refractivity contribution >= 4 is 27.4 Å². The molecular weight excluding hydrogens is 467 g/mol. The molecule has 0 unspecified atom stereocenters. The van der Waals surface area contributed by atoms with E-state index in [1.807, 2.05) is 30.3 Å². The van der Waals surface area contributed by atoms with Crippen LogP contribution in [0.1, 0.15) is 47.1 Å². The van der Waals surface area contributed by atoms with Gasteiger partial charge in [-0.1, -0.05) is 65.7 Å². The maximum absolute atomic E-state index is 15.1. The Morgan fingerprint density at radius 2 is 1.29 bits per heavy atom. The molecule has 3 aromatic carbocycles. The van der Waals surface area contributed by atoms with Gasteiger partial charge >= 0.3 is 0 Å². The highest BCUT2D eigenvalue weighted by Crippen LogP contribution is 2.40. The quantitative estimate of drug-likeness (QED) is 0.253. The molecule has 0 saturated heterocycles. The van der Waals surface area contributed by atoms with Crippen LogP contribution >= 0.6 is 0 Å². The molecule has 0 aliphatic rings. The third-order valence-electron chi connectivity index (χ3n) is 7.70. The van der Waals surface area contributed by atoms with Crippen molar-refractivity contribution in [1.82, 2.24) is 0 Å². The number of hydrogen-bond acceptors (Lipinski definition) is 2. The lowest BCUT2D eigenvalue weighted by molar-refractivity contribution is 0.457. The van der Waals surface area contributed by atoms with E-state index in [1.54, 1.807) is 12.1 Å². The molecule has 3 aromatic rings. The second-order valence-corrected chi connectivity index (χ2v) is 21.9. The van der Waals surface area contributed by atoms with Crippen molar-refractivity contribution in [3.8, 4) is 35.0 Å². The summed E-state index contributed by atoms with van der Waals surface area (Å²) in [5, 5.41) is 2.05. The Morgan fingerprint density at radius 1 is 0.743 bits per heavy atom. The van der Waals surface area contributed by atoms with E-state index >= 15 is 4.39 Å². The topological polar surface area (TPSA) is 18.5 Å². The van der Waals surface area contributed by atoms with E-state index in [4.69, 9.17) is 15.3 Å². The Bertz CT molecular complexity index is 1290. The minimum Gasteiger partial charge on any atom is -0.543 e. The van der Waals surface area contributed by atoms with Crippen LogP contribution in [0.2, 0.25) is 36.3 Å². The lowest BCUT2D eigenvalue weighted by Crippen LogP contribution is -2.44. The van der Waals surface area contributed by atoms with E-state index < -0.39 is 16.6 Å². The summed E-state index contributed by atoms with van der Waals surface area (Å²) in [4.78, 5) is 0. The molecule has 0 aromatic heterocycles. The molecule has 0 atom stereocenters. The third kappa shape index (κ3) is 5.65. The van der Waals surface area contributed by atoms with E-state index in [1.165, 1.54) is 0 Å². The van der Waals surface area contributed by atoms with Crippen molar-refractivity contribution in [1.29, 1.82) is 0 Å². The first-order valence-corrected chi connectivity index (χ1v) is 18.0. The molecule has 35 heavy (non-hydrogen) atoms. The van der Waals surface area contributed by atoms with E-state index in [-0.39, 0.29) is 15.9 Å². The largest absolute Gasteiger partial charge is 0.543 e. The van der Waals surface area contributed by atoms with Crippen LogP contribution < -0.4 is 8.85 Å². The van der Waals surface area contributed by atoms with Crippen molar-refractivity contribution in [2.45, 2.75) is 77.8 Å². The average molecular weight is 507 g/mol. The molecule has 0 bridgehead atoms. The Balaban J connectivity index is 1.98. The fraction of sp³-hybridized carbons (Fsp3) is 0.400. The van der Waals surface area contributed by atoms with E-state index in [0.29, 0.717) is 5.75 Å². The predicted molar refractivity (Wildman–Crippen MR) is 153 cm³/mol. The number of fused-ring (bicyclic) bond motifs is 1. The van der Waals surface area contributed by atoms with Gasteiger partial charge in [-0.3, -0.25) is 0 Å². The summed E-state index contributed by atoms with van der Waals surface area (Å²) in [5.74, 6) is 3.60. The van der Waals surface area contributed by atoms with Crippen LogP contribution in [0.4, 0.5) is 4.39 Å². The van der Waals surface area contributed by atoms with Crippen molar-refractivity contribution in [2.75, 3.05) is 0 Å². The molecule has 2 nitrogen and oxygen atoms in total. The molecule has 0 aliphatic carbocycles. The Morgan fingerprint density at radius 3 is 1.83 bits per heavy atom. The van der Waals surface area contributed by atoms with Crippen LogP contribution in [0.25, 0.3) is 21.9 Å². The second-order valence-electron chi connectivity index (χ2n) is 12.4. The molecular formula is C30H39FO2Si2. The number of halogens is 1. The Labute approximate surface area is 213 Å². The van der Waals surface area contributed by atoms with Crippen LogP contribution in [0.3, 0.4) is 0 Å². The molecule has 3 rings (SSSR count). The van der Waals surface area contributed by atoms with Gasteiger partial charge in [0.2, 0.25) is 8.32 Å².